The largest absolute Gasteiger partial charge is 0.456 e. The lowest BCUT2D eigenvalue weighted by atomic mass is 10.3. The van der Waals surface area contributed by atoms with Crippen LogP contribution in [0.5, 0.6) is 11.5 Å². The SMILES string of the molecule is CCCNCc1cc(Oc2cc(Cl)c(Cl)cc2Cl)ccn1. The van der Waals surface area contributed by atoms with Gasteiger partial charge in [-0.1, -0.05) is 41.7 Å². The normalized spacial score (nSPS) is 10.7. The summed E-state index contributed by atoms with van der Waals surface area (Å²) in [6, 6.07) is 6.79. The fraction of sp³-hybridized carbons (Fsp3) is 0.267. The molecule has 21 heavy (non-hydrogen) atoms. The van der Waals surface area contributed by atoms with Gasteiger partial charge in [0, 0.05) is 24.9 Å². The van der Waals surface area contributed by atoms with E-state index in [2.05, 4.69) is 17.2 Å². The van der Waals surface area contributed by atoms with Gasteiger partial charge in [-0.15, -0.1) is 0 Å². The summed E-state index contributed by atoms with van der Waals surface area (Å²) in [6.45, 7) is 3.76. The Morgan fingerprint density at radius 2 is 1.86 bits per heavy atom. The molecule has 2 rings (SSSR count). The lowest BCUT2D eigenvalue weighted by Crippen LogP contribution is -2.14. The number of halogens is 3. The number of pyridine rings is 1. The Morgan fingerprint density at radius 1 is 1.10 bits per heavy atom. The van der Waals surface area contributed by atoms with Crippen LogP contribution in [0, 0.1) is 0 Å². The Kier molecular flexibility index (Phi) is 6.12. The van der Waals surface area contributed by atoms with E-state index in [9.17, 15) is 0 Å². The summed E-state index contributed by atoms with van der Waals surface area (Å²) in [6.07, 6.45) is 2.78. The van der Waals surface area contributed by atoms with Crippen molar-refractivity contribution in [1.29, 1.82) is 0 Å². The first-order chi connectivity index (χ1) is 10.1. The summed E-state index contributed by atoms with van der Waals surface area (Å²) in [5.41, 5.74) is 0.900. The lowest BCUT2D eigenvalue weighted by Gasteiger charge is -2.10. The van der Waals surface area contributed by atoms with Crippen LogP contribution in [0.25, 0.3) is 0 Å². The van der Waals surface area contributed by atoms with Gasteiger partial charge in [0.15, 0.2) is 0 Å². The van der Waals surface area contributed by atoms with Crippen LogP contribution in [0.4, 0.5) is 0 Å². The van der Waals surface area contributed by atoms with Crippen molar-refractivity contribution in [1.82, 2.24) is 10.3 Å². The summed E-state index contributed by atoms with van der Waals surface area (Å²) < 4.78 is 5.75. The van der Waals surface area contributed by atoms with Crippen LogP contribution in [-0.4, -0.2) is 11.5 Å². The number of hydrogen-bond donors (Lipinski definition) is 1. The minimum Gasteiger partial charge on any atom is -0.456 e. The van der Waals surface area contributed by atoms with E-state index in [-0.39, 0.29) is 0 Å². The average molecular weight is 346 g/mol. The Labute approximate surface area is 139 Å². The molecule has 1 heterocycles. The molecule has 0 radical (unpaired) electrons. The van der Waals surface area contributed by atoms with Crippen molar-refractivity contribution in [3.63, 3.8) is 0 Å². The minimum atomic E-state index is 0.396. The smallest absolute Gasteiger partial charge is 0.147 e. The van der Waals surface area contributed by atoms with Crippen LogP contribution in [0.1, 0.15) is 19.0 Å². The standard InChI is InChI=1S/C15H15Cl3N2O/c1-2-4-19-9-10-6-11(3-5-20-10)21-15-8-13(17)12(16)7-14(15)18/h3,5-8,19H,2,4,9H2,1H3. The monoisotopic (exact) mass is 344 g/mol. The van der Waals surface area contributed by atoms with Gasteiger partial charge in [0.05, 0.1) is 20.8 Å². The molecule has 0 bridgehead atoms. The van der Waals surface area contributed by atoms with E-state index < -0.39 is 0 Å². The van der Waals surface area contributed by atoms with Crippen molar-refractivity contribution in [3.8, 4) is 11.5 Å². The number of nitrogens with zero attached hydrogens (tertiary/aromatic N) is 1. The quantitative estimate of drug-likeness (QED) is 0.567. The maximum atomic E-state index is 6.10. The summed E-state index contributed by atoms with van der Waals surface area (Å²) in [5.74, 6) is 1.11. The molecule has 3 nitrogen and oxygen atoms in total. The zero-order chi connectivity index (χ0) is 15.2. The minimum absolute atomic E-state index is 0.396. The van der Waals surface area contributed by atoms with E-state index in [0.29, 0.717) is 33.1 Å². The predicted octanol–water partition coefficient (Wildman–Crippen LogP) is 5.33. The molecule has 112 valence electrons. The van der Waals surface area contributed by atoms with Gasteiger partial charge < -0.3 is 10.1 Å². The average Bonchev–Trinajstić information content (AvgIpc) is 2.45. The van der Waals surface area contributed by atoms with Gasteiger partial charge in [0.25, 0.3) is 0 Å². The van der Waals surface area contributed by atoms with E-state index in [1.807, 2.05) is 6.07 Å². The summed E-state index contributed by atoms with van der Waals surface area (Å²) >= 11 is 18.0. The fourth-order valence-electron chi connectivity index (χ4n) is 1.72. The molecular weight excluding hydrogens is 331 g/mol. The molecule has 1 N–H and O–H groups in total. The molecule has 0 saturated heterocycles. The number of rotatable bonds is 6. The maximum Gasteiger partial charge on any atom is 0.147 e. The molecule has 0 fully saturated rings. The zero-order valence-corrected chi connectivity index (χ0v) is 13.8. The first-order valence-electron chi connectivity index (χ1n) is 6.58. The number of aromatic nitrogens is 1. The molecule has 0 aliphatic carbocycles. The molecular formula is C15H15Cl3N2O. The van der Waals surface area contributed by atoms with Crippen LogP contribution in [-0.2, 0) is 6.54 Å². The van der Waals surface area contributed by atoms with Gasteiger partial charge in [0.1, 0.15) is 11.5 Å². The summed E-state index contributed by atoms with van der Waals surface area (Å²) in [5, 5.41) is 4.49. The molecule has 1 aromatic carbocycles. The molecule has 0 unspecified atom stereocenters. The highest BCUT2D eigenvalue weighted by molar-refractivity contribution is 6.43. The van der Waals surface area contributed by atoms with Crippen molar-refractivity contribution in [2.75, 3.05) is 6.54 Å². The summed E-state index contributed by atoms with van der Waals surface area (Å²) in [4.78, 5) is 4.28. The van der Waals surface area contributed by atoms with Crippen LogP contribution in [0.3, 0.4) is 0 Å². The highest BCUT2D eigenvalue weighted by atomic mass is 35.5. The second-order valence-electron chi connectivity index (χ2n) is 4.46. The highest BCUT2D eigenvalue weighted by Gasteiger charge is 2.08. The first kappa shape index (κ1) is 16.4. The molecule has 1 aromatic heterocycles. The van der Waals surface area contributed by atoms with Gasteiger partial charge in [-0.3, -0.25) is 4.98 Å². The predicted molar refractivity (Wildman–Crippen MR) is 87.8 cm³/mol. The number of nitrogens with one attached hydrogen (secondary N) is 1. The van der Waals surface area contributed by atoms with E-state index in [1.165, 1.54) is 0 Å². The first-order valence-corrected chi connectivity index (χ1v) is 7.71. The molecule has 0 aliphatic rings. The topological polar surface area (TPSA) is 34.1 Å². The fourth-order valence-corrected chi connectivity index (χ4v) is 2.29. The molecule has 0 spiro atoms. The molecule has 0 aliphatic heterocycles. The molecule has 0 atom stereocenters. The Hall–Kier alpha value is -1.00. The van der Waals surface area contributed by atoms with Crippen molar-refractivity contribution in [2.24, 2.45) is 0 Å². The second kappa shape index (κ2) is 7.85. The third kappa shape index (κ3) is 4.75. The Morgan fingerprint density at radius 3 is 2.62 bits per heavy atom. The van der Waals surface area contributed by atoms with E-state index in [4.69, 9.17) is 39.5 Å². The Bertz CT molecular complexity index is 620. The van der Waals surface area contributed by atoms with Gasteiger partial charge in [-0.2, -0.15) is 0 Å². The molecule has 6 heteroatoms. The van der Waals surface area contributed by atoms with Gasteiger partial charge in [-0.25, -0.2) is 0 Å². The number of hydrogen-bond acceptors (Lipinski definition) is 3. The van der Waals surface area contributed by atoms with Gasteiger partial charge in [0.2, 0.25) is 0 Å². The third-order valence-corrected chi connectivity index (χ3v) is 3.74. The van der Waals surface area contributed by atoms with Crippen LogP contribution < -0.4 is 10.1 Å². The van der Waals surface area contributed by atoms with E-state index in [1.54, 1.807) is 24.4 Å². The number of benzene rings is 1. The molecule has 0 amide bonds. The number of ether oxygens (including phenoxy) is 1. The zero-order valence-electron chi connectivity index (χ0n) is 11.5. The van der Waals surface area contributed by atoms with Gasteiger partial charge >= 0.3 is 0 Å². The summed E-state index contributed by atoms with van der Waals surface area (Å²) in [7, 11) is 0. The maximum absolute atomic E-state index is 6.10. The van der Waals surface area contributed by atoms with Crippen molar-refractivity contribution in [3.05, 3.63) is 51.2 Å². The van der Waals surface area contributed by atoms with Crippen molar-refractivity contribution < 1.29 is 4.74 Å². The van der Waals surface area contributed by atoms with Gasteiger partial charge in [-0.05, 0) is 25.1 Å². The lowest BCUT2D eigenvalue weighted by molar-refractivity contribution is 0.480. The van der Waals surface area contributed by atoms with Crippen molar-refractivity contribution >= 4 is 34.8 Å². The van der Waals surface area contributed by atoms with E-state index >= 15 is 0 Å². The molecule has 2 aromatic rings. The highest BCUT2D eigenvalue weighted by Crippen LogP contribution is 2.36. The third-order valence-electron chi connectivity index (χ3n) is 2.72. The van der Waals surface area contributed by atoms with Crippen LogP contribution >= 0.6 is 34.8 Å². The van der Waals surface area contributed by atoms with Crippen LogP contribution in [0.15, 0.2) is 30.5 Å². The van der Waals surface area contributed by atoms with Crippen LogP contribution in [0.2, 0.25) is 15.1 Å². The van der Waals surface area contributed by atoms with E-state index in [0.717, 1.165) is 18.7 Å². The molecule has 0 saturated carbocycles. The Balaban J connectivity index is 2.12. The van der Waals surface area contributed by atoms with Crippen molar-refractivity contribution in [2.45, 2.75) is 19.9 Å². The second-order valence-corrected chi connectivity index (χ2v) is 5.68.